The maximum absolute atomic E-state index is 11.7. The Labute approximate surface area is 120 Å². The summed E-state index contributed by atoms with van der Waals surface area (Å²) in [6, 6.07) is 5.14. The zero-order chi connectivity index (χ0) is 13.8. The molecule has 0 atom stereocenters. The highest BCUT2D eigenvalue weighted by molar-refractivity contribution is 6.35. The van der Waals surface area contributed by atoms with E-state index in [1.807, 2.05) is 0 Å². The first-order chi connectivity index (χ1) is 9.11. The van der Waals surface area contributed by atoms with Crippen LogP contribution >= 0.6 is 23.2 Å². The molecule has 19 heavy (non-hydrogen) atoms. The van der Waals surface area contributed by atoms with Crippen LogP contribution in [0.1, 0.15) is 28.7 Å². The Balaban J connectivity index is 2.24. The number of nitrogens with zero attached hydrogens (tertiary/aromatic N) is 1. The highest BCUT2D eigenvalue weighted by Crippen LogP contribution is 2.24. The van der Waals surface area contributed by atoms with E-state index in [4.69, 9.17) is 32.4 Å². The fourth-order valence-electron chi connectivity index (χ4n) is 1.60. The van der Waals surface area contributed by atoms with Crippen molar-refractivity contribution in [3.05, 3.63) is 51.7 Å². The highest BCUT2D eigenvalue weighted by atomic mass is 35.5. The average Bonchev–Trinajstić information content (AvgIpc) is 2.81. The van der Waals surface area contributed by atoms with Crippen molar-refractivity contribution >= 4 is 29.2 Å². The second-order valence-electron chi connectivity index (χ2n) is 3.76. The molecule has 0 aliphatic rings. The van der Waals surface area contributed by atoms with Gasteiger partial charge in [-0.2, -0.15) is 0 Å². The molecule has 0 amide bonds. The normalized spacial score (nSPS) is 10.5. The van der Waals surface area contributed by atoms with Gasteiger partial charge in [0.25, 0.3) is 0 Å². The molecular formula is C13H11Cl2NO3. The third kappa shape index (κ3) is 3.28. The van der Waals surface area contributed by atoms with Gasteiger partial charge in [0.05, 0.1) is 6.61 Å². The van der Waals surface area contributed by atoms with Gasteiger partial charge in [-0.05, 0) is 24.6 Å². The van der Waals surface area contributed by atoms with Crippen molar-refractivity contribution in [3.63, 3.8) is 0 Å². The third-order valence-electron chi connectivity index (χ3n) is 2.48. The second-order valence-corrected chi connectivity index (χ2v) is 4.60. The minimum Gasteiger partial charge on any atom is -0.461 e. The summed E-state index contributed by atoms with van der Waals surface area (Å²) < 4.78 is 10.1. The zero-order valence-electron chi connectivity index (χ0n) is 10.2. The third-order valence-corrected chi connectivity index (χ3v) is 3.06. The first kappa shape index (κ1) is 13.9. The minimum atomic E-state index is -0.503. The fraction of sp³-hybridized carbons (Fsp3) is 0.231. The molecular weight excluding hydrogens is 289 g/mol. The first-order valence-electron chi connectivity index (χ1n) is 5.65. The number of ether oxygens (including phenoxy) is 1. The van der Waals surface area contributed by atoms with Gasteiger partial charge < -0.3 is 9.15 Å². The maximum Gasteiger partial charge on any atom is 0.360 e. The van der Waals surface area contributed by atoms with Gasteiger partial charge in [-0.25, -0.2) is 9.78 Å². The molecule has 100 valence electrons. The lowest BCUT2D eigenvalue weighted by Gasteiger charge is -2.04. The van der Waals surface area contributed by atoms with Gasteiger partial charge in [-0.1, -0.05) is 29.3 Å². The number of benzene rings is 1. The predicted molar refractivity (Wildman–Crippen MR) is 71.7 cm³/mol. The van der Waals surface area contributed by atoms with Crippen molar-refractivity contribution in [2.45, 2.75) is 13.3 Å². The summed E-state index contributed by atoms with van der Waals surface area (Å²) in [6.07, 6.45) is 1.57. The highest BCUT2D eigenvalue weighted by Gasteiger charge is 2.18. The summed E-state index contributed by atoms with van der Waals surface area (Å²) in [5, 5.41) is 1.07. The Morgan fingerprint density at radius 3 is 2.89 bits per heavy atom. The van der Waals surface area contributed by atoms with Crippen LogP contribution in [0.4, 0.5) is 0 Å². The Kier molecular flexibility index (Phi) is 4.45. The smallest absolute Gasteiger partial charge is 0.360 e. The van der Waals surface area contributed by atoms with Crippen LogP contribution in [0.3, 0.4) is 0 Å². The average molecular weight is 300 g/mol. The molecule has 1 aromatic heterocycles. The predicted octanol–water partition coefficient (Wildman–Crippen LogP) is 3.75. The Morgan fingerprint density at radius 1 is 1.42 bits per heavy atom. The number of hydrogen-bond donors (Lipinski definition) is 0. The van der Waals surface area contributed by atoms with Crippen LogP contribution in [-0.2, 0) is 11.2 Å². The number of carbonyl (C=O) groups is 1. The number of carbonyl (C=O) groups excluding carboxylic acids is 1. The molecule has 0 fully saturated rings. The molecule has 0 radical (unpaired) electrons. The quantitative estimate of drug-likeness (QED) is 0.807. The molecule has 2 aromatic rings. The number of hydrogen-bond acceptors (Lipinski definition) is 4. The minimum absolute atomic E-state index is 0.174. The molecule has 6 heteroatoms. The molecule has 0 aliphatic carbocycles. The summed E-state index contributed by atoms with van der Waals surface area (Å²) in [6.45, 7) is 2.01. The molecule has 0 aliphatic heterocycles. The summed E-state index contributed by atoms with van der Waals surface area (Å²) in [5.41, 5.74) is 0.973. The van der Waals surface area contributed by atoms with Gasteiger partial charge in [0.15, 0.2) is 12.1 Å². The molecule has 1 heterocycles. The topological polar surface area (TPSA) is 52.3 Å². The largest absolute Gasteiger partial charge is 0.461 e. The van der Waals surface area contributed by atoms with Crippen molar-refractivity contribution in [1.82, 2.24) is 4.98 Å². The van der Waals surface area contributed by atoms with E-state index in [0.29, 0.717) is 22.2 Å². The van der Waals surface area contributed by atoms with Gasteiger partial charge in [-0.3, -0.25) is 0 Å². The van der Waals surface area contributed by atoms with Crippen LogP contribution in [0.5, 0.6) is 0 Å². The van der Waals surface area contributed by atoms with E-state index in [1.165, 1.54) is 6.39 Å². The number of oxazole rings is 1. The van der Waals surface area contributed by atoms with Gasteiger partial charge in [0, 0.05) is 16.5 Å². The zero-order valence-corrected chi connectivity index (χ0v) is 11.7. The van der Waals surface area contributed by atoms with Crippen LogP contribution in [0.25, 0.3) is 0 Å². The first-order valence-corrected chi connectivity index (χ1v) is 6.40. The van der Waals surface area contributed by atoms with Gasteiger partial charge in [-0.15, -0.1) is 0 Å². The Bertz CT molecular complexity index is 595. The molecule has 1 aromatic carbocycles. The molecule has 2 rings (SSSR count). The summed E-state index contributed by atoms with van der Waals surface area (Å²) >= 11 is 11.9. The maximum atomic E-state index is 11.7. The van der Waals surface area contributed by atoms with Gasteiger partial charge >= 0.3 is 5.97 Å². The van der Waals surface area contributed by atoms with Gasteiger partial charge in [0.2, 0.25) is 0 Å². The lowest BCUT2D eigenvalue weighted by Crippen LogP contribution is -2.08. The molecule has 0 saturated carbocycles. The van der Waals surface area contributed by atoms with Gasteiger partial charge in [0.1, 0.15) is 5.76 Å². The van der Waals surface area contributed by atoms with Crippen molar-refractivity contribution < 1.29 is 13.9 Å². The van der Waals surface area contributed by atoms with E-state index >= 15 is 0 Å². The van der Waals surface area contributed by atoms with E-state index in [2.05, 4.69) is 4.98 Å². The van der Waals surface area contributed by atoms with Crippen LogP contribution in [0.15, 0.2) is 29.0 Å². The van der Waals surface area contributed by atoms with E-state index < -0.39 is 5.97 Å². The van der Waals surface area contributed by atoms with Crippen LogP contribution in [0.2, 0.25) is 10.0 Å². The molecule has 0 unspecified atom stereocenters. The number of esters is 1. The van der Waals surface area contributed by atoms with E-state index in [-0.39, 0.29) is 12.3 Å². The van der Waals surface area contributed by atoms with Crippen LogP contribution < -0.4 is 0 Å². The Morgan fingerprint density at radius 2 is 2.21 bits per heavy atom. The molecule has 0 bridgehead atoms. The van der Waals surface area contributed by atoms with Crippen molar-refractivity contribution in [2.75, 3.05) is 6.61 Å². The van der Waals surface area contributed by atoms with Crippen LogP contribution in [-0.4, -0.2) is 17.6 Å². The Hall–Kier alpha value is -1.52. The summed E-state index contributed by atoms with van der Waals surface area (Å²) in [5.74, 6) is -0.0843. The number of halogens is 2. The summed E-state index contributed by atoms with van der Waals surface area (Å²) in [7, 11) is 0. The SMILES string of the molecule is CCOC(=O)c1ncoc1Cc1ccc(Cl)cc1Cl. The molecule has 0 N–H and O–H groups in total. The fourth-order valence-corrected chi connectivity index (χ4v) is 2.08. The van der Waals surface area contributed by atoms with Crippen molar-refractivity contribution in [1.29, 1.82) is 0 Å². The lowest BCUT2D eigenvalue weighted by atomic mass is 10.1. The van der Waals surface area contributed by atoms with E-state index in [0.717, 1.165) is 5.56 Å². The van der Waals surface area contributed by atoms with E-state index in [9.17, 15) is 4.79 Å². The van der Waals surface area contributed by atoms with Crippen molar-refractivity contribution in [3.8, 4) is 0 Å². The standard InChI is InChI=1S/C13H11Cl2NO3/c1-2-18-13(17)12-11(19-7-16-12)5-8-3-4-9(14)6-10(8)15/h3-4,6-7H,2,5H2,1H3. The number of rotatable bonds is 4. The molecule has 0 spiro atoms. The molecule has 4 nitrogen and oxygen atoms in total. The van der Waals surface area contributed by atoms with Crippen molar-refractivity contribution in [2.24, 2.45) is 0 Å². The lowest BCUT2D eigenvalue weighted by molar-refractivity contribution is 0.0518. The summed E-state index contributed by atoms with van der Waals surface area (Å²) in [4.78, 5) is 15.5. The second kappa shape index (κ2) is 6.08. The molecule has 0 saturated heterocycles. The monoisotopic (exact) mass is 299 g/mol. The van der Waals surface area contributed by atoms with E-state index in [1.54, 1.807) is 25.1 Å². The van der Waals surface area contributed by atoms with Crippen LogP contribution in [0, 0.1) is 0 Å². The number of aromatic nitrogens is 1.